The molecule has 2 rings (SSSR count). The molecular weight excluding hydrogens is 276 g/mol. The molecule has 0 aliphatic heterocycles. The number of methoxy groups -OCH3 is 1. The van der Waals surface area contributed by atoms with Crippen LogP contribution < -0.4 is 15.4 Å². The summed E-state index contributed by atoms with van der Waals surface area (Å²) < 4.78 is 5.13. The van der Waals surface area contributed by atoms with Gasteiger partial charge in [0.25, 0.3) is 0 Å². The fourth-order valence-corrected chi connectivity index (χ4v) is 3.04. The van der Waals surface area contributed by atoms with Crippen LogP contribution in [0.25, 0.3) is 0 Å². The van der Waals surface area contributed by atoms with Gasteiger partial charge in [0.05, 0.1) is 7.11 Å². The summed E-state index contributed by atoms with van der Waals surface area (Å²) >= 11 is 0. The Balaban J connectivity index is 1.55. The van der Waals surface area contributed by atoms with E-state index in [0.717, 1.165) is 31.1 Å². The molecule has 2 amide bonds. The normalized spacial score (nSPS) is 15.3. The van der Waals surface area contributed by atoms with Gasteiger partial charge in [-0.05, 0) is 36.5 Å². The maximum Gasteiger partial charge on any atom is 0.314 e. The molecule has 0 radical (unpaired) electrons. The van der Waals surface area contributed by atoms with Crippen molar-refractivity contribution in [1.29, 1.82) is 0 Å². The molecule has 0 heterocycles. The van der Waals surface area contributed by atoms with Crippen molar-refractivity contribution in [1.82, 2.24) is 10.6 Å². The van der Waals surface area contributed by atoms with Gasteiger partial charge >= 0.3 is 6.03 Å². The maximum absolute atomic E-state index is 11.7. The number of hydrogen-bond donors (Lipinski definition) is 2. The Labute approximate surface area is 133 Å². The first-order chi connectivity index (χ1) is 10.8. The summed E-state index contributed by atoms with van der Waals surface area (Å²) in [4.78, 5) is 11.7. The van der Waals surface area contributed by atoms with Crippen LogP contribution >= 0.6 is 0 Å². The van der Waals surface area contributed by atoms with E-state index < -0.39 is 0 Å². The van der Waals surface area contributed by atoms with Crippen LogP contribution in [-0.4, -0.2) is 26.2 Å². The van der Waals surface area contributed by atoms with Gasteiger partial charge in [-0.2, -0.15) is 0 Å². The number of benzene rings is 1. The van der Waals surface area contributed by atoms with Gasteiger partial charge in [-0.3, -0.25) is 0 Å². The van der Waals surface area contributed by atoms with E-state index >= 15 is 0 Å². The molecule has 1 aliphatic rings. The van der Waals surface area contributed by atoms with E-state index in [0.29, 0.717) is 6.54 Å². The minimum Gasteiger partial charge on any atom is -0.497 e. The van der Waals surface area contributed by atoms with Gasteiger partial charge in [0.1, 0.15) is 5.75 Å². The van der Waals surface area contributed by atoms with Crippen molar-refractivity contribution >= 4 is 6.03 Å². The first-order valence-corrected chi connectivity index (χ1v) is 8.42. The molecule has 0 saturated heterocycles. The lowest BCUT2D eigenvalue weighted by Gasteiger charge is -2.21. The van der Waals surface area contributed by atoms with Crippen molar-refractivity contribution in [3.05, 3.63) is 29.8 Å². The number of carbonyl (C=O) groups is 1. The number of nitrogens with one attached hydrogen (secondary N) is 2. The van der Waals surface area contributed by atoms with Crippen LogP contribution in [-0.2, 0) is 6.42 Å². The number of amides is 2. The highest BCUT2D eigenvalue weighted by Gasteiger charge is 2.13. The van der Waals surface area contributed by atoms with Crippen LogP contribution in [0.5, 0.6) is 5.75 Å². The lowest BCUT2D eigenvalue weighted by Crippen LogP contribution is -2.37. The predicted molar refractivity (Wildman–Crippen MR) is 89.3 cm³/mol. The number of carbonyl (C=O) groups excluding carboxylic acids is 1. The monoisotopic (exact) mass is 304 g/mol. The van der Waals surface area contributed by atoms with Crippen molar-refractivity contribution < 1.29 is 9.53 Å². The van der Waals surface area contributed by atoms with Gasteiger partial charge in [-0.15, -0.1) is 0 Å². The Morgan fingerprint density at radius 1 is 1.09 bits per heavy atom. The smallest absolute Gasteiger partial charge is 0.314 e. The summed E-state index contributed by atoms with van der Waals surface area (Å²) in [6.07, 6.45) is 8.72. The third-order valence-electron chi connectivity index (χ3n) is 4.42. The largest absolute Gasteiger partial charge is 0.497 e. The van der Waals surface area contributed by atoms with Crippen molar-refractivity contribution in [2.75, 3.05) is 20.2 Å². The summed E-state index contributed by atoms with van der Waals surface area (Å²) in [5.41, 5.74) is 1.20. The molecule has 0 spiro atoms. The minimum atomic E-state index is -0.0516. The molecule has 0 aromatic heterocycles. The quantitative estimate of drug-likeness (QED) is 0.810. The van der Waals surface area contributed by atoms with Crippen LogP contribution in [0.4, 0.5) is 4.79 Å². The van der Waals surface area contributed by atoms with Crippen molar-refractivity contribution in [2.45, 2.75) is 44.9 Å². The standard InChI is InChI=1S/C18H28N2O2/c1-22-17-9-7-16(8-10-17)12-14-20-18(21)19-13-11-15-5-3-2-4-6-15/h7-10,15H,2-6,11-14H2,1H3,(H2,19,20,21). The fourth-order valence-electron chi connectivity index (χ4n) is 3.04. The van der Waals surface area contributed by atoms with Gasteiger partial charge in [0, 0.05) is 13.1 Å². The van der Waals surface area contributed by atoms with Gasteiger partial charge in [-0.1, -0.05) is 44.2 Å². The summed E-state index contributed by atoms with van der Waals surface area (Å²) in [7, 11) is 1.66. The van der Waals surface area contributed by atoms with Gasteiger partial charge in [0.15, 0.2) is 0 Å². The Hall–Kier alpha value is -1.71. The predicted octanol–water partition coefficient (Wildman–Crippen LogP) is 3.51. The topological polar surface area (TPSA) is 50.4 Å². The molecule has 1 aliphatic carbocycles. The molecule has 0 atom stereocenters. The van der Waals surface area contributed by atoms with Gasteiger partial charge in [0.2, 0.25) is 0 Å². The summed E-state index contributed by atoms with van der Waals surface area (Å²) in [5, 5.41) is 5.88. The lowest BCUT2D eigenvalue weighted by atomic mass is 9.87. The van der Waals surface area contributed by atoms with E-state index in [4.69, 9.17) is 4.74 Å². The number of rotatable bonds is 7. The molecule has 1 fully saturated rings. The second-order valence-corrected chi connectivity index (χ2v) is 6.07. The highest BCUT2D eigenvalue weighted by molar-refractivity contribution is 5.73. The Morgan fingerprint density at radius 3 is 2.45 bits per heavy atom. The van der Waals surface area contributed by atoms with E-state index in [1.807, 2.05) is 24.3 Å². The molecule has 0 bridgehead atoms. The van der Waals surface area contributed by atoms with E-state index in [-0.39, 0.29) is 6.03 Å². The summed E-state index contributed by atoms with van der Waals surface area (Å²) in [6.45, 7) is 1.45. The van der Waals surface area contributed by atoms with Crippen LogP contribution in [0, 0.1) is 5.92 Å². The number of ether oxygens (including phenoxy) is 1. The lowest BCUT2D eigenvalue weighted by molar-refractivity contribution is 0.239. The zero-order chi connectivity index (χ0) is 15.6. The minimum absolute atomic E-state index is 0.0516. The molecule has 1 saturated carbocycles. The Kier molecular flexibility index (Phi) is 7.07. The van der Waals surface area contributed by atoms with E-state index in [2.05, 4.69) is 10.6 Å². The van der Waals surface area contributed by atoms with Crippen molar-refractivity contribution in [2.24, 2.45) is 5.92 Å². The average Bonchev–Trinajstić information content (AvgIpc) is 2.56. The zero-order valence-electron chi connectivity index (χ0n) is 13.6. The molecule has 1 aromatic carbocycles. The van der Waals surface area contributed by atoms with Crippen molar-refractivity contribution in [3.63, 3.8) is 0 Å². The van der Waals surface area contributed by atoms with Crippen molar-refractivity contribution in [3.8, 4) is 5.75 Å². The van der Waals surface area contributed by atoms with E-state index in [1.165, 1.54) is 37.7 Å². The van der Waals surface area contributed by atoms with Gasteiger partial charge in [-0.25, -0.2) is 4.79 Å². The Morgan fingerprint density at radius 2 is 1.77 bits per heavy atom. The highest BCUT2D eigenvalue weighted by atomic mass is 16.5. The fraction of sp³-hybridized carbons (Fsp3) is 0.611. The molecule has 2 N–H and O–H groups in total. The molecule has 4 nitrogen and oxygen atoms in total. The average molecular weight is 304 g/mol. The molecular formula is C18H28N2O2. The second-order valence-electron chi connectivity index (χ2n) is 6.07. The van der Waals surface area contributed by atoms with Crippen LogP contribution in [0.3, 0.4) is 0 Å². The molecule has 122 valence electrons. The maximum atomic E-state index is 11.7. The first kappa shape index (κ1) is 16.7. The second kappa shape index (κ2) is 9.34. The van der Waals surface area contributed by atoms with Crippen LogP contribution in [0.2, 0.25) is 0 Å². The molecule has 0 unspecified atom stereocenters. The number of urea groups is 1. The summed E-state index contributed by atoms with van der Waals surface area (Å²) in [5.74, 6) is 1.67. The third kappa shape index (κ3) is 5.96. The zero-order valence-corrected chi connectivity index (χ0v) is 13.6. The van der Waals surface area contributed by atoms with Crippen LogP contribution in [0.15, 0.2) is 24.3 Å². The van der Waals surface area contributed by atoms with E-state index in [1.54, 1.807) is 7.11 Å². The number of hydrogen-bond acceptors (Lipinski definition) is 2. The molecule has 4 heteroatoms. The first-order valence-electron chi connectivity index (χ1n) is 8.42. The molecule has 22 heavy (non-hydrogen) atoms. The third-order valence-corrected chi connectivity index (χ3v) is 4.42. The highest BCUT2D eigenvalue weighted by Crippen LogP contribution is 2.25. The Bertz CT molecular complexity index is 439. The van der Waals surface area contributed by atoms with E-state index in [9.17, 15) is 4.79 Å². The van der Waals surface area contributed by atoms with Gasteiger partial charge < -0.3 is 15.4 Å². The SMILES string of the molecule is COc1ccc(CCNC(=O)NCCC2CCCCC2)cc1. The van der Waals surface area contributed by atoms with Crippen LogP contribution in [0.1, 0.15) is 44.1 Å². The summed E-state index contributed by atoms with van der Waals surface area (Å²) in [6, 6.07) is 7.90. The molecule has 1 aromatic rings.